The minimum Gasteiger partial charge on any atom is -0.355 e. The lowest BCUT2D eigenvalue weighted by molar-refractivity contribution is 0.103. The lowest BCUT2D eigenvalue weighted by atomic mass is 10.0. The molecule has 1 N–H and O–H groups in total. The first-order valence-corrected chi connectivity index (χ1v) is 5.02. The second-order valence-corrected chi connectivity index (χ2v) is 4.12. The van der Waals surface area contributed by atoms with Gasteiger partial charge in [0.05, 0.1) is 5.69 Å². The van der Waals surface area contributed by atoms with E-state index in [9.17, 15) is 4.79 Å². The zero-order valence-electron chi connectivity index (χ0n) is 8.72. The number of aryl methyl sites for hydroxylation is 2. The van der Waals surface area contributed by atoms with E-state index in [2.05, 4.69) is 4.98 Å². The van der Waals surface area contributed by atoms with E-state index in [0.29, 0.717) is 0 Å². The van der Waals surface area contributed by atoms with Gasteiger partial charge >= 0.3 is 0 Å². The number of hydrogen-bond donors (Lipinski definition) is 1. The molecular weight excluding hydrogens is 186 g/mol. The molecule has 0 spiro atoms. The van der Waals surface area contributed by atoms with Gasteiger partial charge in [0.25, 0.3) is 0 Å². The third-order valence-electron chi connectivity index (χ3n) is 2.89. The highest BCUT2D eigenvalue weighted by molar-refractivity contribution is 6.20. The summed E-state index contributed by atoms with van der Waals surface area (Å²) in [6, 6.07) is 8.07. The first-order chi connectivity index (χ1) is 7.16. The average molecular weight is 197 g/mol. The Morgan fingerprint density at radius 2 is 1.80 bits per heavy atom. The Hall–Kier alpha value is -1.83. The van der Waals surface area contributed by atoms with Crippen molar-refractivity contribution in [3.05, 3.63) is 46.8 Å². The van der Waals surface area contributed by atoms with Crippen molar-refractivity contribution in [2.75, 3.05) is 0 Å². The SMILES string of the molecule is Cc1ccc2c(c1)C(=O)c1[nH]c(C)cc1-2. The summed E-state index contributed by atoms with van der Waals surface area (Å²) in [6.45, 7) is 3.98. The van der Waals surface area contributed by atoms with Gasteiger partial charge in [0.15, 0.2) is 0 Å². The molecule has 1 aliphatic rings. The molecule has 1 heterocycles. The third kappa shape index (κ3) is 1.02. The number of H-pyrrole nitrogens is 1. The molecule has 0 atom stereocenters. The van der Waals surface area contributed by atoms with Crippen molar-refractivity contribution in [2.45, 2.75) is 13.8 Å². The maximum absolute atomic E-state index is 12.0. The number of fused-ring (bicyclic) bond motifs is 3. The van der Waals surface area contributed by atoms with E-state index in [4.69, 9.17) is 0 Å². The first kappa shape index (κ1) is 8.48. The van der Waals surface area contributed by atoms with Crippen LogP contribution >= 0.6 is 0 Å². The van der Waals surface area contributed by atoms with Crippen LogP contribution in [0.5, 0.6) is 0 Å². The summed E-state index contributed by atoms with van der Waals surface area (Å²) in [7, 11) is 0. The molecule has 2 aromatic rings. The minimum atomic E-state index is 0.122. The fourth-order valence-electron chi connectivity index (χ4n) is 2.20. The maximum atomic E-state index is 12.0. The monoisotopic (exact) mass is 197 g/mol. The van der Waals surface area contributed by atoms with Gasteiger partial charge in [-0.3, -0.25) is 4.79 Å². The van der Waals surface area contributed by atoms with Crippen LogP contribution in [0.3, 0.4) is 0 Å². The third-order valence-corrected chi connectivity index (χ3v) is 2.89. The van der Waals surface area contributed by atoms with E-state index >= 15 is 0 Å². The Balaban J connectivity index is 2.35. The molecule has 2 heteroatoms. The van der Waals surface area contributed by atoms with Crippen LogP contribution in [-0.4, -0.2) is 10.8 Å². The number of hydrogen-bond acceptors (Lipinski definition) is 1. The summed E-state index contributed by atoms with van der Waals surface area (Å²) < 4.78 is 0. The fourth-order valence-corrected chi connectivity index (χ4v) is 2.20. The van der Waals surface area contributed by atoms with Crippen LogP contribution in [-0.2, 0) is 0 Å². The van der Waals surface area contributed by atoms with Crippen molar-refractivity contribution in [3.63, 3.8) is 0 Å². The van der Waals surface area contributed by atoms with Gasteiger partial charge < -0.3 is 4.98 Å². The van der Waals surface area contributed by atoms with Gasteiger partial charge in [0.1, 0.15) is 0 Å². The Kier molecular flexibility index (Phi) is 1.47. The summed E-state index contributed by atoms with van der Waals surface area (Å²) in [5.74, 6) is 0.122. The fraction of sp³-hybridized carbons (Fsp3) is 0.154. The second kappa shape index (κ2) is 2.60. The molecule has 1 aromatic heterocycles. The van der Waals surface area contributed by atoms with Gasteiger partial charge in [-0.15, -0.1) is 0 Å². The molecule has 0 bridgehead atoms. The van der Waals surface area contributed by atoms with Gasteiger partial charge in [0, 0.05) is 16.8 Å². The summed E-state index contributed by atoms with van der Waals surface area (Å²) in [4.78, 5) is 15.1. The number of carbonyl (C=O) groups excluding carboxylic acids is 1. The predicted molar refractivity (Wildman–Crippen MR) is 59.1 cm³/mol. The smallest absolute Gasteiger partial charge is 0.210 e. The van der Waals surface area contributed by atoms with Crippen molar-refractivity contribution in [3.8, 4) is 11.1 Å². The molecule has 0 aliphatic heterocycles. The Labute approximate surface area is 87.9 Å². The highest BCUT2D eigenvalue weighted by atomic mass is 16.1. The van der Waals surface area contributed by atoms with E-state index in [0.717, 1.165) is 33.6 Å². The lowest BCUT2D eigenvalue weighted by Crippen LogP contribution is -1.97. The minimum absolute atomic E-state index is 0.122. The second-order valence-electron chi connectivity index (χ2n) is 4.12. The molecule has 1 aliphatic carbocycles. The Morgan fingerprint density at radius 3 is 2.60 bits per heavy atom. The van der Waals surface area contributed by atoms with Crippen LogP contribution in [0.2, 0.25) is 0 Å². The highest BCUT2D eigenvalue weighted by Gasteiger charge is 2.28. The van der Waals surface area contributed by atoms with Crippen molar-refractivity contribution in [2.24, 2.45) is 0 Å². The molecule has 3 rings (SSSR count). The molecule has 1 aromatic carbocycles. The Morgan fingerprint density at radius 1 is 1.00 bits per heavy atom. The van der Waals surface area contributed by atoms with Crippen molar-refractivity contribution in [1.82, 2.24) is 4.98 Å². The van der Waals surface area contributed by atoms with Gasteiger partial charge in [-0.05, 0) is 31.5 Å². The molecule has 0 saturated carbocycles. The summed E-state index contributed by atoms with van der Waals surface area (Å²) in [6.07, 6.45) is 0. The topological polar surface area (TPSA) is 32.9 Å². The molecule has 0 amide bonds. The number of ketones is 1. The van der Waals surface area contributed by atoms with Gasteiger partial charge in [0.2, 0.25) is 5.78 Å². The number of aromatic amines is 1. The van der Waals surface area contributed by atoms with Gasteiger partial charge in [-0.2, -0.15) is 0 Å². The van der Waals surface area contributed by atoms with Crippen molar-refractivity contribution in [1.29, 1.82) is 0 Å². The molecular formula is C13H11NO. The quantitative estimate of drug-likeness (QED) is 0.590. The van der Waals surface area contributed by atoms with Crippen LogP contribution in [0, 0.1) is 13.8 Å². The number of benzene rings is 1. The van der Waals surface area contributed by atoms with Crippen LogP contribution in [0.15, 0.2) is 24.3 Å². The van der Waals surface area contributed by atoms with Gasteiger partial charge in [-0.25, -0.2) is 0 Å². The van der Waals surface area contributed by atoms with E-state index in [1.807, 2.05) is 38.1 Å². The highest BCUT2D eigenvalue weighted by Crippen LogP contribution is 2.36. The van der Waals surface area contributed by atoms with E-state index in [1.54, 1.807) is 0 Å². The number of nitrogens with one attached hydrogen (secondary N) is 1. The van der Waals surface area contributed by atoms with Crippen LogP contribution < -0.4 is 0 Å². The van der Waals surface area contributed by atoms with Crippen LogP contribution in [0.4, 0.5) is 0 Å². The number of rotatable bonds is 0. The molecule has 0 saturated heterocycles. The molecule has 0 fully saturated rings. The predicted octanol–water partition coefficient (Wildman–Crippen LogP) is 2.84. The zero-order valence-corrected chi connectivity index (χ0v) is 8.72. The summed E-state index contributed by atoms with van der Waals surface area (Å²) in [5.41, 5.74) is 5.85. The molecule has 0 radical (unpaired) electrons. The average Bonchev–Trinajstić information content (AvgIpc) is 2.67. The van der Waals surface area contributed by atoms with Crippen molar-refractivity contribution < 1.29 is 4.79 Å². The Bertz CT molecular complexity index is 578. The molecule has 74 valence electrons. The lowest BCUT2D eigenvalue weighted by Gasteiger charge is -1.99. The summed E-state index contributed by atoms with van der Waals surface area (Å²) >= 11 is 0. The largest absolute Gasteiger partial charge is 0.355 e. The standard InChI is InChI=1S/C13H11NO/c1-7-3-4-9-10-6-8(2)14-12(10)13(15)11(9)5-7/h3-6,14H,1-2H3. The van der Waals surface area contributed by atoms with E-state index < -0.39 is 0 Å². The number of carbonyl (C=O) groups is 1. The molecule has 15 heavy (non-hydrogen) atoms. The summed E-state index contributed by atoms with van der Waals surface area (Å²) in [5, 5.41) is 0. The maximum Gasteiger partial charge on any atom is 0.210 e. The van der Waals surface area contributed by atoms with Crippen LogP contribution in [0.25, 0.3) is 11.1 Å². The molecule has 2 nitrogen and oxygen atoms in total. The van der Waals surface area contributed by atoms with E-state index in [-0.39, 0.29) is 5.78 Å². The number of aromatic nitrogens is 1. The van der Waals surface area contributed by atoms with E-state index in [1.165, 1.54) is 0 Å². The first-order valence-electron chi connectivity index (χ1n) is 5.02. The zero-order chi connectivity index (χ0) is 10.6. The molecule has 0 unspecified atom stereocenters. The van der Waals surface area contributed by atoms with Crippen LogP contribution in [0.1, 0.15) is 27.3 Å². The van der Waals surface area contributed by atoms with Gasteiger partial charge in [-0.1, -0.05) is 17.7 Å². The van der Waals surface area contributed by atoms with Crippen molar-refractivity contribution >= 4 is 5.78 Å². The normalized spacial score (nSPS) is 12.8.